The van der Waals surface area contributed by atoms with E-state index in [1.807, 2.05) is 62.3 Å². The van der Waals surface area contributed by atoms with Gasteiger partial charge >= 0.3 is 0 Å². The summed E-state index contributed by atoms with van der Waals surface area (Å²) in [6, 6.07) is 12.8. The predicted molar refractivity (Wildman–Crippen MR) is 133 cm³/mol. The molecule has 2 aromatic carbocycles. The van der Waals surface area contributed by atoms with Gasteiger partial charge in [0.1, 0.15) is 17.6 Å². The lowest BCUT2D eigenvalue weighted by atomic mass is 9.85. The molecule has 2 aliphatic heterocycles. The zero-order chi connectivity index (χ0) is 24.8. The summed E-state index contributed by atoms with van der Waals surface area (Å²) in [4.78, 5) is 29.9. The smallest absolute Gasteiger partial charge is 0.295 e. The van der Waals surface area contributed by atoms with Gasteiger partial charge in [0.05, 0.1) is 11.6 Å². The number of carbonyl (C=O) groups excluding carboxylic acids is 2. The van der Waals surface area contributed by atoms with E-state index < -0.39 is 17.7 Å². The molecule has 0 aromatic heterocycles. The van der Waals surface area contributed by atoms with E-state index in [1.54, 1.807) is 11.0 Å². The molecule has 0 bridgehead atoms. The number of nitrogens with zero attached hydrogens (tertiary/aromatic N) is 2. The van der Waals surface area contributed by atoms with Crippen molar-refractivity contribution in [2.24, 2.45) is 0 Å². The first-order valence-electron chi connectivity index (χ1n) is 11.8. The number of ether oxygens (including phenoxy) is 1. The molecule has 6 nitrogen and oxygen atoms in total. The Bertz CT molecular complexity index is 1140. The van der Waals surface area contributed by atoms with Gasteiger partial charge in [-0.05, 0) is 61.3 Å². The van der Waals surface area contributed by atoms with Crippen LogP contribution < -0.4 is 4.74 Å². The second-order valence-electron chi connectivity index (χ2n) is 10.6. The number of carbonyl (C=O) groups is 2. The topological polar surface area (TPSA) is 70.1 Å². The maximum absolute atomic E-state index is 13.2. The van der Waals surface area contributed by atoms with Crippen molar-refractivity contribution in [2.75, 3.05) is 27.2 Å². The van der Waals surface area contributed by atoms with Crippen LogP contribution in [0.5, 0.6) is 5.75 Å². The zero-order valence-corrected chi connectivity index (χ0v) is 20.9. The van der Waals surface area contributed by atoms with Crippen LogP contribution in [-0.2, 0) is 21.4 Å². The molecule has 1 N–H and O–H groups in total. The number of ketones is 1. The number of rotatable bonds is 5. The Morgan fingerprint density at radius 3 is 2.41 bits per heavy atom. The molecule has 4 rings (SSSR count). The van der Waals surface area contributed by atoms with E-state index in [1.165, 1.54) is 0 Å². The minimum Gasteiger partial charge on any atom is -0.507 e. The van der Waals surface area contributed by atoms with Crippen molar-refractivity contribution in [2.45, 2.75) is 51.7 Å². The van der Waals surface area contributed by atoms with Crippen LogP contribution in [-0.4, -0.2) is 59.9 Å². The maximum atomic E-state index is 13.2. The van der Waals surface area contributed by atoms with Crippen molar-refractivity contribution < 1.29 is 19.4 Å². The molecule has 180 valence electrons. The minimum absolute atomic E-state index is 0.0190. The van der Waals surface area contributed by atoms with Gasteiger partial charge in [0.15, 0.2) is 0 Å². The van der Waals surface area contributed by atoms with Crippen LogP contribution in [0, 0.1) is 0 Å². The third-order valence-corrected chi connectivity index (χ3v) is 6.59. The third-order valence-electron chi connectivity index (χ3n) is 6.59. The van der Waals surface area contributed by atoms with Crippen molar-refractivity contribution >= 4 is 17.4 Å². The highest BCUT2D eigenvalue weighted by Gasteiger charge is 2.46. The Kier molecular flexibility index (Phi) is 6.30. The maximum Gasteiger partial charge on any atom is 0.295 e. The number of benzene rings is 2. The minimum atomic E-state index is -0.647. The predicted octanol–water partition coefficient (Wildman–Crippen LogP) is 4.29. The number of amides is 1. The average Bonchev–Trinajstić information content (AvgIpc) is 3.27. The van der Waals surface area contributed by atoms with Crippen molar-refractivity contribution in [1.82, 2.24) is 9.80 Å². The molecule has 2 heterocycles. The molecule has 2 aliphatic rings. The number of aliphatic hydroxyl groups excluding tert-OH is 1. The third kappa shape index (κ3) is 4.47. The van der Waals surface area contributed by atoms with Gasteiger partial charge in [0.2, 0.25) is 0 Å². The van der Waals surface area contributed by atoms with E-state index in [4.69, 9.17) is 4.74 Å². The van der Waals surface area contributed by atoms with E-state index >= 15 is 0 Å². The van der Waals surface area contributed by atoms with Crippen molar-refractivity contribution in [3.63, 3.8) is 0 Å². The summed E-state index contributed by atoms with van der Waals surface area (Å²) in [7, 11) is 3.86. The molecule has 1 saturated heterocycles. The number of likely N-dealkylation sites (N-methyl/N-ethyl adjacent to an activating group) is 1. The molecule has 6 heteroatoms. The molecule has 0 spiro atoms. The fraction of sp³-hybridized carbons (Fsp3) is 0.429. The molecule has 1 fully saturated rings. The Morgan fingerprint density at radius 2 is 1.79 bits per heavy atom. The van der Waals surface area contributed by atoms with Crippen molar-refractivity contribution in [3.05, 3.63) is 70.3 Å². The number of hydrogen-bond acceptors (Lipinski definition) is 5. The Labute approximate surface area is 201 Å². The molecule has 0 radical (unpaired) electrons. The lowest BCUT2D eigenvalue weighted by Crippen LogP contribution is -2.35. The summed E-state index contributed by atoms with van der Waals surface area (Å²) in [5, 5.41) is 11.3. The summed E-state index contributed by atoms with van der Waals surface area (Å²) in [5.74, 6) is -0.569. The van der Waals surface area contributed by atoms with Gasteiger partial charge in [-0.25, -0.2) is 0 Å². The van der Waals surface area contributed by atoms with Crippen molar-refractivity contribution in [3.8, 4) is 5.75 Å². The molecule has 1 amide bonds. The lowest BCUT2D eigenvalue weighted by Gasteiger charge is -2.27. The van der Waals surface area contributed by atoms with Crippen LogP contribution in [0.2, 0.25) is 0 Å². The van der Waals surface area contributed by atoms with Crippen LogP contribution in [0.25, 0.3) is 5.76 Å². The molecule has 34 heavy (non-hydrogen) atoms. The second kappa shape index (κ2) is 8.91. The van der Waals surface area contributed by atoms with E-state index in [0.717, 1.165) is 28.9 Å². The Balaban J connectivity index is 1.81. The first-order valence-corrected chi connectivity index (χ1v) is 11.8. The summed E-state index contributed by atoms with van der Waals surface area (Å²) in [6.45, 7) is 9.42. The fourth-order valence-corrected chi connectivity index (χ4v) is 4.66. The van der Waals surface area contributed by atoms with Crippen molar-refractivity contribution in [1.29, 1.82) is 0 Å². The molecule has 0 unspecified atom stereocenters. The summed E-state index contributed by atoms with van der Waals surface area (Å²) < 4.78 is 5.77. The van der Waals surface area contributed by atoms with Gasteiger partial charge in [-0.1, -0.05) is 45.0 Å². The van der Waals surface area contributed by atoms with E-state index in [-0.39, 0.29) is 22.9 Å². The average molecular weight is 463 g/mol. The summed E-state index contributed by atoms with van der Waals surface area (Å²) >= 11 is 0. The van der Waals surface area contributed by atoms with Crippen LogP contribution in [0.1, 0.15) is 56.0 Å². The SMILES string of the molecule is C[C@@H]1Cc2cc(C(O)=C3C(=O)C(=O)N(CCN(C)C)[C@@H]3c3ccc(C(C)(C)C)cc3)ccc2O1. The summed E-state index contributed by atoms with van der Waals surface area (Å²) in [6.07, 6.45) is 0.816. The first-order chi connectivity index (χ1) is 16.0. The molecular formula is C28H34N2O4. The number of likely N-dealkylation sites (tertiary alicyclic amines) is 1. The van der Waals surface area contributed by atoms with Crippen LogP contribution in [0.3, 0.4) is 0 Å². The molecular weight excluding hydrogens is 428 g/mol. The fourth-order valence-electron chi connectivity index (χ4n) is 4.66. The van der Waals surface area contributed by atoms with Crippen LogP contribution in [0.15, 0.2) is 48.0 Å². The molecule has 0 aliphatic carbocycles. The number of fused-ring (bicyclic) bond motifs is 1. The largest absolute Gasteiger partial charge is 0.507 e. The highest BCUT2D eigenvalue weighted by Crippen LogP contribution is 2.41. The zero-order valence-electron chi connectivity index (χ0n) is 20.9. The monoisotopic (exact) mass is 462 g/mol. The highest BCUT2D eigenvalue weighted by molar-refractivity contribution is 6.46. The van der Waals surface area contributed by atoms with Crippen LogP contribution in [0.4, 0.5) is 0 Å². The molecule has 2 aromatic rings. The van der Waals surface area contributed by atoms with Gasteiger partial charge in [0.25, 0.3) is 11.7 Å². The van der Waals surface area contributed by atoms with Gasteiger partial charge in [-0.3, -0.25) is 9.59 Å². The van der Waals surface area contributed by atoms with Gasteiger partial charge in [-0.15, -0.1) is 0 Å². The van der Waals surface area contributed by atoms with E-state index in [9.17, 15) is 14.7 Å². The normalized spacial score (nSPS) is 21.8. The van der Waals surface area contributed by atoms with Gasteiger partial charge in [-0.2, -0.15) is 0 Å². The first kappa shape index (κ1) is 24.0. The number of Topliss-reactive ketones (excluding diaryl/α,β-unsaturated/α-hetero) is 1. The number of hydrogen-bond donors (Lipinski definition) is 1. The Hall–Kier alpha value is -3.12. The molecule has 2 atom stereocenters. The standard InChI is InChI=1S/C28H34N2O4/c1-17-15-20-16-19(9-12-22(20)34-17)25(31)23-24(18-7-10-21(11-8-18)28(2,3)4)30(14-13-29(5)6)27(33)26(23)32/h7-12,16-17,24,31H,13-15H2,1-6H3/t17-,24-/m1/s1. The lowest BCUT2D eigenvalue weighted by molar-refractivity contribution is -0.140. The van der Waals surface area contributed by atoms with Gasteiger partial charge < -0.3 is 19.6 Å². The highest BCUT2D eigenvalue weighted by atomic mass is 16.5. The quantitative estimate of drug-likeness (QED) is 0.408. The van der Waals surface area contributed by atoms with E-state index in [2.05, 4.69) is 20.8 Å². The Morgan fingerprint density at radius 1 is 1.12 bits per heavy atom. The number of aliphatic hydroxyl groups is 1. The molecule has 0 saturated carbocycles. The summed E-state index contributed by atoms with van der Waals surface area (Å²) in [5.41, 5.74) is 3.61. The van der Waals surface area contributed by atoms with Crippen LogP contribution >= 0.6 is 0 Å². The van der Waals surface area contributed by atoms with Gasteiger partial charge in [0, 0.05) is 25.1 Å². The van der Waals surface area contributed by atoms with E-state index in [0.29, 0.717) is 18.7 Å². The second-order valence-corrected chi connectivity index (χ2v) is 10.6.